The number of benzene rings is 2. The average molecular weight is 373 g/mol. The van der Waals surface area contributed by atoms with Gasteiger partial charge in [0.25, 0.3) is 11.6 Å². The molecule has 0 aliphatic rings. The average Bonchev–Trinajstić information content (AvgIpc) is 3.07. The van der Waals surface area contributed by atoms with Crippen molar-refractivity contribution in [2.75, 3.05) is 5.32 Å². The first kappa shape index (κ1) is 17.4. The van der Waals surface area contributed by atoms with E-state index >= 15 is 0 Å². The molecule has 0 aliphatic carbocycles. The van der Waals surface area contributed by atoms with Crippen LogP contribution in [0.1, 0.15) is 10.4 Å². The number of aromatic nitrogens is 2. The van der Waals surface area contributed by atoms with Crippen molar-refractivity contribution < 1.29 is 14.5 Å². The molecule has 0 spiro atoms. The summed E-state index contributed by atoms with van der Waals surface area (Å²) in [5.41, 5.74) is 0.474. The number of nitro groups is 1. The molecule has 0 unspecified atom stereocenters. The topological polar surface area (TPSA) is 99.3 Å². The van der Waals surface area contributed by atoms with E-state index in [1.54, 1.807) is 30.5 Å². The Morgan fingerprint density at radius 2 is 2.08 bits per heavy atom. The maximum absolute atomic E-state index is 12.2. The molecule has 9 heteroatoms. The zero-order valence-electron chi connectivity index (χ0n) is 13.3. The minimum Gasteiger partial charge on any atom is -0.471 e. The lowest BCUT2D eigenvalue weighted by molar-refractivity contribution is -0.384. The van der Waals surface area contributed by atoms with Gasteiger partial charge >= 0.3 is 0 Å². The summed E-state index contributed by atoms with van der Waals surface area (Å²) in [5, 5.41) is 18.1. The molecule has 3 rings (SSSR count). The fraction of sp³-hybridized carbons (Fsp3) is 0.0588. The summed E-state index contributed by atoms with van der Waals surface area (Å²) in [6.07, 6.45) is 3.04. The van der Waals surface area contributed by atoms with Crippen LogP contribution in [-0.4, -0.2) is 20.6 Å². The summed E-state index contributed by atoms with van der Waals surface area (Å²) in [4.78, 5) is 22.4. The van der Waals surface area contributed by atoms with Gasteiger partial charge in [-0.15, -0.1) is 0 Å². The summed E-state index contributed by atoms with van der Waals surface area (Å²) >= 11 is 5.88. The third-order valence-corrected chi connectivity index (χ3v) is 3.60. The number of anilines is 1. The highest BCUT2D eigenvalue weighted by molar-refractivity contribution is 6.30. The van der Waals surface area contributed by atoms with Gasteiger partial charge in [-0.1, -0.05) is 23.7 Å². The fourth-order valence-electron chi connectivity index (χ4n) is 2.16. The molecule has 0 saturated heterocycles. The van der Waals surface area contributed by atoms with Crippen LogP contribution in [0.25, 0.3) is 0 Å². The first-order valence-corrected chi connectivity index (χ1v) is 7.86. The molecule has 1 amide bonds. The Labute approximate surface area is 153 Å². The first-order chi connectivity index (χ1) is 12.5. The normalized spacial score (nSPS) is 10.3. The predicted octanol–water partition coefficient (Wildman–Crippen LogP) is 3.73. The lowest BCUT2D eigenvalue weighted by Gasteiger charge is -2.06. The van der Waals surface area contributed by atoms with E-state index in [1.807, 2.05) is 0 Å². The smallest absolute Gasteiger partial charge is 0.270 e. The van der Waals surface area contributed by atoms with Crippen LogP contribution in [-0.2, 0) is 6.73 Å². The third-order valence-electron chi connectivity index (χ3n) is 3.37. The number of hydrogen-bond donors (Lipinski definition) is 1. The first-order valence-electron chi connectivity index (χ1n) is 7.48. The van der Waals surface area contributed by atoms with Crippen molar-refractivity contribution >= 4 is 28.9 Å². The van der Waals surface area contributed by atoms with Gasteiger partial charge in [-0.3, -0.25) is 14.9 Å². The molecule has 1 aromatic heterocycles. The lowest BCUT2D eigenvalue weighted by Crippen LogP contribution is -2.11. The molecular weight excluding hydrogens is 360 g/mol. The SMILES string of the molecule is O=C(Nc1cnn(COc2cccc(Cl)c2)c1)c1cccc([N+](=O)[O-])c1. The molecule has 1 N–H and O–H groups in total. The van der Waals surface area contributed by atoms with Crippen LogP contribution in [0.3, 0.4) is 0 Å². The Morgan fingerprint density at radius 1 is 1.27 bits per heavy atom. The van der Waals surface area contributed by atoms with Crippen molar-refractivity contribution in [3.05, 3.63) is 81.6 Å². The van der Waals surface area contributed by atoms with Gasteiger partial charge in [0, 0.05) is 22.7 Å². The number of carbonyl (C=O) groups is 1. The number of hydrogen-bond acceptors (Lipinski definition) is 5. The van der Waals surface area contributed by atoms with Crippen molar-refractivity contribution in [3.63, 3.8) is 0 Å². The molecule has 8 nitrogen and oxygen atoms in total. The number of halogens is 1. The lowest BCUT2D eigenvalue weighted by atomic mass is 10.2. The molecule has 3 aromatic rings. The second-order valence-electron chi connectivity index (χ2n) is 5.26. The molecule has 0 aliphatic heterocycles. The molecule has 0 atom stereocenters. The summed E-state index contributed by atoms with van der Waals surface area (Å²) in [6.45, 7) is 0.132. The van der Waals surface area contributed by atoms with Gasteiger partial charge in [-0.2, -0.15) is 5.10 Å². The number of rotatable bonds is 6. The standard InChI is InChI=1S/C17H13ClN4O4/c18-13-4-2-6-16(8-13)26-11-21-10-14(9-19-21)20-17(23)12-3-1-5-15(7-12)22(24)25/h1-10H,11H2,(H,20,23). The van der Waals surface area contributed by atoms with Crippen LogP contribution < -0.4 is 10.1 Å². The minimum absolute atomic E-state index is 0.132. The van der Waals surface area contributed by atoms with E-state index < -0.39 is 10.8 Å². The molecule has 2 aromatic carbocycles. The quantitative estimate of drug-likeness (QED) is 0.525. The largest absolute Gasteiger partial charge is 0.471 e. The maximum Gasteiger partial charge on any atom is 0.270 e. The number of non-ortho nitro benzene ring substituents is 1. The van der Waals surface area contributed by atoms with Crippen LogP contribution in [0.2, 0.25) is 5.02 Å². The molecule has 1 heterocycles. The highest BCUT2D eigenvalue weighted by Gasteiger charge is 2.12. The van der Waals surface area contributed by atoms with Crippen LogP contribution in [0.5, 0.6) is 5.75 Å². The molecular formula is C17H13ClN4O4. The molecule has 0 fully saturated rings. The summed E-state index contributed by atoms with van der Waals surface area (Å²) < 4.78 is 7.04. The molecule has 0 saturated carbocycles. The van der Waals surface area contributed by atoms with Crippen molar-refractivity contribution in [2.24, 2.45) is 0 Å². The van der Waals surface area contributed by atoms with E-state index in [4.69, 9.17) is 16.3 Å². The van der Waals surface area contributed by atoms with Gasteiger partial charge in [0.05, 0.1) is 23.0 Å². The number of carbonyl (C=O) groups excluding carboxylic acids is 1. The van der Waals surface area contributed by atoms with Crippen LogP contribution in [0.4, 0.5) is 11.4 Å². The summed E-state index contributed by atoms with van der Waals surface area (Å²) in [6, 6.07) is 12.4. The number of nitrogens with zero attached hydrogens (tertiary/aromatic N) is 3. The number of amides is 1. The van der Waals surface area contributed by atoms with Crippen molar-refractivity contribution in [1.82, 2.24) is 9.78 Å². The number of nitro benzene ring substituents is 1. The summed E-state index contributed by atoms with van der Waals surface area (Å²) in [5.74, 6) is 0.124. The van der Waals surface area contributed by atoms with E-state index in [2.05, 4.69) is 10.4 Å². The Balaban J connectivity index is 1.62. The van der Waals surface area contributed by atoms with Gasteiger partial charge in [0.2, 0.25) is 0 Å². The molecule has 0 radical (unpaired) electrons. The minimum atomic E-state index is -0.554. The van der Waals surface area contributed by atoms with Crippen LogP contribution >= 0.6 is 11.6 Å². The Hall–Kier alpha value is -3.39. The second-order valence-corrected chi connectivity index (χ2v) is 5.70. The third kappa shape index (κ3) is 4.37. The second kappa shape index (κ2) is 7.66. The van der Waals surface area contributed by atoms with Crippen LogP contribution in [0, 0.1) is 10.1 Å². The van der Waals surface area contributed by atoms with Gasteiger partial charge in [0.15, 0.2) is 6.73 Å². The van der Waals surface area contributed by atoms with Crippen LogP contribution in [0.15, 0.2) is 60.9 Å². The van der Waals surface area contributed by atoms with E-state index in [9.17, 15) is 14.9 Å². The predicted molar refractivity (Wildman–Crippen MR) is 95.4 cm³/mol. The van der Waals surface area contributed by atoms with Crippen molar-refractivity contribution in [1.29, 1.82) is 0 Å². The van der Waals surface area contributed by atoms with Gasteiger partial charge in [-0.25, -0.2) is 4.68 Å². The van der Waals surface area contributed by atoms with E-state index in [-0.39, 0.29) is 18.0 Å². The number of nitrogens with one attached hydrogen (secondary N) is 1. The number of ether oxygens (including phenoxy) is 1. The van der Waals surface area contributed by atoms with E-state index in [0.29, 0.717) is 16.5 Å². The Bertz CT molecular complexity index is 957. The summed E-state index contributed by atoms with van der Waals surface area (Å²) in [7, 11) is 0. The Kier molecular flexibility index (Phi) is 5.14. The zero-order chi connectivity index (χ0) is 18.5. The van der Waals surface area contributed by atoms with Gasteiger partial charge < -0.3 is 10.1 Å². The van der Waals surface area contributed by atoms with Gasteiger partial charge in [-0.05, 0) is 24.3 Å². The molecule has 26 heavy (non-hydrogen) atoms. The highest BCUT2D eigenvalue weighted by atomic mass is 35.5. The van der Waals surface area contributed by atoms with Crippen molar-refractivity contribution in [3.8, 4) is 5.75 Å². The monoisotopic (exact) mass is 372 g/mol. The van der Waals surface area contributed by atoms with Crippen molar-refractivity contribution in [2.45, 2.75) is 6.73 Å². The zero-order valence-corrected chi connectivity index (χ0v) is 14.1. The molecule has 0 bridgehead atoms. The molecule has 132 valence electrons. The Morgan fingerprint density at radius 3 is 2.85 bits per heavy atom. The van der Waals surface area contributed by atoms with E-state index in [0.717, 1.165) is 0 Å². The van der Waals surface area contributed by atoms with E-state index in [1.165, 1.54) is 35.1 Å². The fourth-order valence-corrected chi connectivity index (χ4v) is 2.34. The highest BCUT2D eigenvalue weighted by Crippen LogP contribution is 2.18. The van der Waals surface area contributed by atoms with Gasteiger partial charge in [0.1, 0.15) is 5.75 Å². The maximum atomic E-state index is 12.2.